The Morgan fingerprint density at radius 1 is 1.11 bits per heavy atom. The molecule has 3 N–H and O–H groups in total. The SMILES string of the molecule is Cc1ccc(Nc2ncc(-c3ccc(OC(F)F)cc3)cn2)cc1NC(=O)C1NCCN(C)C1C(F)(F)F. The zero-order valence-corrected chi connectivity index (χ0v) is 20.4. The normalized spacial score (nSPS) is 18.3. The molecular weight excluding hydrogens is 511 g/mol. The van der Waals surface area contributed by atoms with Crippen molar-refractivity contribution < 1.29 is 31.5 Å². The molecule has 38 heavy (non-hydrogen) atoms. The Labute approximate surface area is 215 Å². The number of likely N-dealkylation sites (N-methyl/N-ethyl adjacent to an activating group) is 1. The summed E-state index contributed by atoms with van der Waals surface area (Å²) >= 11 is 0. The second-order valence-electron chi connectivity index (χ2n) is 8.74. The number of carbonyl (C=O) groups is 1. The van der Waals surface area contributed by atoms with Crippen molar-refractivity contribution in [3.63, 3.8) is 0 Å². The Balaban J connectivity index is 1.44. The van der Waals surface area contributed by atoms with Gasteiger partial charge < -0.3 is 20.7 Å². The van der Waals surface area contributed by atoms with Crippen molar-refractivity contribution >= 4 is 23.2 Å². The van der Waals surface area contributed by atoms with Gasteiger partial charge >= 0.3 is 12.8 Å². The zero-order chi connectivity index (χ0) is 27.4. The molecule has 2 atom stereocenters. The van der Waals surface area contributed by atoms with Gasteiger partial charge in [-0.15, -0.1) is 0 Å². The van der Waals surface area contributed by atoms with Crippen LogP contribution >= 0.6 is 0 Å². The van der Waals surface area contributed by atoms with Crippen molar-refractivity contribution in [1.29, 1.82) is 0 Å². The lowest BCUT2D eigenvalue weighted by molar-refractivity contribution is -0.194. The molecule has 0 bridgehead atoms. The van der Waals surface area contributed by atoms with Gasteiger partial charge in [-0.05, 0) is 49.4 Å². The van der Waals surface area contributed by atoms with Gasteiger partial charge in [0.2, 0.25) is 11.9 Å². The number of aromatic nitrogens is 2. The van der Waals surface area contributed by atoms with E-state index in [1.165, 1.54) is 31.6 Å². The predicted octanol–water partition coefficient (Wildman–Crippen LogP) is 4.57. The Bertz CT molecular complexity index is 1250. The molecule has 1 aliphatic rings. The summed E-state index contributed by atoms with van der Waals surface area (Å²) < 4.78 is 69.8. The van der Waals surface area contributed by atoms with E-state index in [0.29, 0.717) is 28.1 Å². The predicted molar refractivity (Wildman–Crippen MR) is 131 cm³/mol. The van der Waals surface area contributed by atoms with Gasteiger partial charge in [0, 0.05) is 42.4 Å². The number of carbonyl (C=O) groups excluding carboxylic acids is 1. The van der Waals surface area contributed by atoms with E-state index < -0.39 is 30.8 Å². The fourth-order valence-electron chi connectivity index (χ4n) is 4.12. The Hall–Kier alpha value is -3.84. The lowest BCUT2D eigenvalue weighted by atomic mass is 10.0. The zero-order valence-electron chi connectivity index (χ0n) is 20.4. The molecule has 0 spiro atoms. The minimum atomic E-state index is -4.58. The molecule has 2 aromatic carbocycles. The van der Waals surface area contributed by atoms with E-state index in [2.05, 4.69) is 30.7 Å². The van der Waals surface area contributed by atoms with Gasteiger partial charge in [0.25, 0.3) is 0 Å². The van der Waals surface area contributed by atoms with Gasteiger partial charge in [0.15, 0.2) is 0 Å². The van der Waals surface area contributed by atoms with Crippen LogP contribution in [0.1, 0.15) is 5.56 Å². The number of benzene rings is 2. The molecule has 0 aliphatic carbocycles. The highest BCUT2D eigenvalue weighted by atomic mass is 19.4. The van der Waals surface area contributed by atoms with E-state index in [4.69, 9.17) is 0 Å². The van der Waals surface area contributed by atoms with Crippen LogP contribution in [0, 0.1) is 6.92 Å². The molecule has 13 heteroatoms. The van der Waals surface area contributed by atoms with Crippen molar-refractivity contribution in [2.45, 2.75) is 31.8 Å². The van der Waals surface area contributed by atoms with E-state index in [0.717, 1.165) is 4.90 Å². The summed E-state index contributed by atoms with van der Waals surface area (Å²) in [6.07, 6.45) is -1.50. The monoisotopic (exact) mass is 536 g/mol. The molecule has 1 fully saturated rings. The smallest absolute Gasteiger partial charge is 0.406 e. The molecule has 1 aromatic heterocycles. The fraction of sp³-hybridized carbons (Fsp3) is 0.320. The van der Waals surface area contributed by atoms with Crippen molar-refractivity contribution in [3.8, 4) is 16.9 Å². The molecular formula is C25H25F5N6O2. The number of ether oxygens (including phenoxy) is 1. The van der Waals surface area contributed by atoms with Crippen molar-refractivity contribution in [3.05, 3.63) is 60.4 Å². The third-order valence-corrected chi connectivity index (χ3v) is 6.05. The first-order valence-corrected chi connectivity index (χ1v) is 11.6. The first-order valence-electron chi connectivity index (χ1n) is 11.6. The largest absolute Gasteiger partial charge is 0.435 e. The van der Waals surface area contributed by atoms with Crippen LogP contribution in [0.25, 0.3) is 11.1 Å². The van der Waals surface area contributed by atoms with Crippen LogP contribution in [0.15, 0.2) is 54.9 Å². The number of anilines is 3. The number of hydrogen-bond acceptors (Lipinski definition) is 7. The highest BCUT2D eigenvalue weighted by Gasteiger charge is 2.51. The molecule has 0 radical (unpaired) electrons. The van der Waals surface area contributed by atoms with Crippen LogP contribution in [0.5, 0.6) is 5.75 Å². The molecule has 3 aromatic rings. The topological polar surface area (TPSA) is 91.4 Å². The lowest BCUT2D eigenvalue weighted by Gasteiger charge is -2.39. The first kappa shape index (κ1) is 27.2. The maximum Gasteiger partial charge on any atom is 0.406 e. The maximum absolute atomic E-state index is 13.6. The van der Waals surface area contributed by atoms with Gasteiger partial charge in [-0.3, -0.25) is 9.69 Å². The fourth-order valence-corrected chi connectivity index (χ4v) is 4.12. The number of amides is 1. The van der Waals surface area contributed by atoms with Crippen molar-refractivity contribution in [2.75, 3.05) is 30.8 Å². The van der Waals surface area contributed by atoms with E-state index in [-0.39, 0.29) is 24.8 Å². The highest BCUT2D eigenvalue weighted by molar-refractivity contribution is 5.96. The average Bonchev–Trinajstić information content (AvgIpc) is 2.86. The van der Waals surface area contributed by atoms with Crippen LogP contribution in [-0.4, -0.2) is 65.8 Å². The summed E-state index contributed by atoms with van der Waals surface area (Å²) in [6, 6.07) is 7.62. The van der Waals surface area contributed by atoms with Crippen molar-refractivity contribution in [1.82, 2.24) is 20.2 Å². The lowest BCUT2D eigenvalue weighted by Crippen LogP contribution is -2.65. The number of alkyl halides is 5. The second kappa shape index (κ2) is 11.3. The second-order valence-corrected chi connectivity index (χ2v) is 8.74. The quantitative estimate of drug-likeness (QED) is 0.381. The minimum Gasteiger partial charge on any atom is -0.435 e. The molecule has 202 valence electrons. The number of piperazine rings is 1. The van der Waals surface area contributed by atoms with Crippen LogP contribution in [0.2, 0.25) is 0 Å². The van der Waals surface area contributed by atoms with Crippen molar-refractivity contribution in [2.24, 2.45) is 0 Å². The highest BCUT2D eigenvalue weighted by Crippen LogP contribution is 2.30. The van der Waals surface area contributed by atoms with Crippen LogP contribution in [-0.2, 0) is 4.79 Å². The Morgan fingerprint density at radius 3 is 2.42 bits per heavy atom. The van der Waals surface area contributed by atoms with Crippen LogP contribution in [0.4, 0.5) is 39.3 Å². The number of aryl methyl sites for hydroxylation is 1. The summed E-state index contributed by atoms with van der Waals surface area (Å²) in [5, 5.41) is 8.28. The maximum atomic E-state index is 13.6. The third kappa shape index (κ3) is 6.53. The summed E-state index contributed by atoms with van der Waals surface area (Å²) in [7, 11) is 1.34. The molecule has 1 aliphatic heterocycles. The van der Waals surface area contributed by atoms with Gasteiger partial charge in [-0.1, -0.05) is 18.2 Å². The number of halogens is 5. The standard InChI is InChI=1S/C25H25F5N6O2/c1-14-3-6-17(11-19(14)35-22(37)20-21(25(28,29)30)36(2)10-9-31-20)34-24-32-12-16(13-33-24)15-4-7-18(8-5-15)38-23(26)27/h3-8,11-13,20-21,23,31H,9-10H2,1-2H3,(H,35,37)(H,32,33,34). The van der Waals surface area contributed by atoms with Crippen LogP contribution in [0.3, 0.4) is 0 Å². The van der Waals surface area contributed by atoms with Gasteiger partial charge in [0.1, 0.15) is 17.8 Å². The summed E-state index contributed by atoms with van der Waals surface area (Å²) in [4.78, 5) is 22.5. The van der Waals surface area contributed by atoms with E-state index in [1.54, 1.807) is 37.3 Å². The first-order chi connectivity index (χ1) is 18.0. The third-order valence-electron chi connectivity index (χ3n) is 6.05. The molecule has 2 unspecified atom stereocenters. The number of hydrogen-bond donors (Lipinski definition) is 3. The van der Waals surface area contributed by atoms with E-state index >= 15 is 0 Å². The number of nitrogens with zero attached hydrogens (tertiary/aromatic N) is 3. The summed E-state index contributed by atoms with van der Waals surface area (Å²) in [6.45, 7) is -0.761. The van der Waals surface area contributed by atoms with Gasteiger partial charge in [0.05, 0.1) is 0 Å². The Morgan fingerprint density at radius 2 is 1.79 bits per heavy atom. The number of rotatable bonds is 7. The molecule has 1 amide bonds. The van der Waals surface area contributed by atoms with E-state index in [9.17, 15) is 26.7 Å². The molecule has 4 rings (SSSR count). The van der Waals surface area contributed by atoms with E-state index in [1.807, 2.05) is 0 Å². The van der Waals surface area contributed by atoms with Gasteiger partial charge in [-0.2, -0.15) is 22.0 Å². The summed E-state index contributed by atoms with van der Waals surface area (Å²) in [5.41, 5.74) is 2.84. The summed E-state index contributed by atoms with van der Waals surface area (Å²) in [5.74, 6) is -0.518. The molecule has 8 nitrogen and oxygen atoms in total. The molecule has 1 saturated heterocycles. The average molecular weight is 537 g/mol. The van der Waals surface area contributed by atoms with Crippen LogP contribution < -0.4 is 20.7 Å². The molecule has 2 heterocycles. The van der Waals surface area contributed by atoms with Gasteiger partial charge in [-0.25, -0.2) is 9.97 Å². The molecule has 0 saturated carbocycles. The minimum absolute atomic E-state index is 0.0328. The Kier molecular flexibility index (Phi) is 8.07. The number of nitrogens with one attached hydrogen (secondary N) is 3.